The van der Waals surface area contributed by atoms with Crippen LogP contribution in [-0.2, 0) is 0 Å². The Balaban J connectivity index is 2.46. The van der Waals surface area contributed by atoms with E-state index in [1.165, 1.54) is 0 Å². The first-order valence-electron chi connectivity index (χ1n) is 5.62. The van der Waals surface area contributed by atoms with Crippen LogP contribution in [0.2, 0.25) is 0 Å². The van der Waals surface area contributed by atoms with Crippen LogP contribution in [-0.4, -0.2) is 4.98 Å². The molecule has 0 amide bonds. The largest absolute Gasteiger partial charge is 0.438 e. The maximum Gasteiger partial charge on any atom is 0.237 e. The van der Waals surface area contributed by atoms with Crippen molar-refractivity contribution in [2.45, 2.75) is 13.8 Å². The number of nitrogens with two attached hydrogens (primary N) is 1. The second kappa shape index (κ2) is 5.29. The fourth-order valence-corrected chi connectivity index (χ4v) is 2.26. The summed E-state index contributed by atoms with van der Waals surface area (Å²) >= 11 is 3.35. The van der Waals surface area contributed by atoms with Crippen molar-refractivity contribution in [2.75, 3.05) is 5.73 Å². The molecular weight excluding hydrogens is 306 g/mol. The summed E-state index contributed by atoms with van der Waals surface area (Å²) < 4.78 is 6.49. The Kier molecular flexibility index (Phi) is 3.72. The van der Waals surface area contributed by atoms with Crippen LogP contribution in [0.3, 0.4) is 0 Å². The lowest BCUT2D eigenvalue weighted by Crippen LogP contribution is -1.97. The van der Waals surface area contributed by atoms with Crippen molar-refractivity contribution < 1.29 is 4.74 Å². The third-order valence-electron chi connectivity index (χ3n) is 2.53. The zero-order valence-corrected chi connectivity index (χ0v) is 12.2. The lowest BCUT2D eigenvalue weighted by Gasteiger charge is -2.10. The monoisotopic (exact) mass is 317 g/mol. The molecule has 2 aromatic rings. The summed E-state index contributed by atoms with van der Waals surface area (Å²) in [6.07, 6.45) is 0. The first kappa shape index (κ1) is 13.4. The molecule has 1 heterocycles. The molecule has 1 aromatic carbocycles. The molecule has 4 nitrogen and oxygen atoms in total. The minimum atomic E-state index is 0.303. The number of halogens is 1. The molecule has 96 valence electrons. The number of anilines is 1. The van der Waals surface area contributed by atoms with Gasteiger partial charge in [-0.1, -0.05) is 15.9 Å². The minimum absolute atomic E-state index is 0.303. The quantitative estimate of drug-likeness (QED) is 0.857. The summed E-state index contributed by atoms with van der Waals surface area (Å²) in [6.45, 7) is 3.71. The predicted molar refractivity (Wildman–Crippen MR) is 77.1 cm³/mol. The number of nitriles is 1. The summed E-state index contributed by atoms with van der Waals surface area (Å²) in [4.78, 5) is 4.26. The molecule has 5 heteroatoms. The van der Waals surface area contributed by atoms with E-state index in [1.807, 2.05) is 19.9 Å². The molecule has 0 saturated heterocycles. The van der Waals surface area contributed by atoms with E-state index >= 15 is 0 Å². The molecule has 1 aromatic heterocycles. The molecule has 0 aliphatic rings. The zero-order valence-electron chi connectivity index (χ0n) is 10.6. The van der Waals surface area contributed by atoms with Crippen LogP contribution in [0, 0.1) is 25.2 Å². The highest BCUT2D eigenvalue weighted by molar-refractivity contribution is 9.10. The zero-order chi connectivity index (χ0) is 14.0. The average Bonchev–Trinajstić information content (AvgIpc) is 2.26. The van der Waals surface area contributed by atoms with Gasteiger partial charge in [-0.3, -0.25) is 0 Å². The van der Waals surface area contributed by atoms with E-state index in [1.54, 1.807) is 18.2 Å². The van der Waals surface area contributed by atoms with E-state index in [4.69, 9.17) is 10.5 Å². The number of hydrogen-bond donors (Lipinski definition) is 1. The molecule has 0 unspecified atom stereocenters. The van der Waals surface area contributed by atoms with Gasteiger partial charge < -0.3 is 10.5 Å². The molecule has 0 bridgehead atoms. The van der Waals surface area contributed by atoms with Crippen LogP contribution in [0.5, 0.6) is 11.6 Å². The summed E-state index contributed by atoms with van der Waals surface area (Å²) in [5, 5.41) is 9.17. The maximum atomic E-state index is 9.17. The maximum absolute atomic E-state index is 9.17. The molecule has 0 atom stereocenters. The van der Waals surface area contributed by atoms with Crippen LogP contribution in [0.1, 0.15) is 16.8 Å². The average molecular weight is 318 g/mol. The van der Waals surface area contributed by atoms with Gasteiger partial charge in [0.1, 0.15) is 17.4 Å². The molecular formula is C14H12BrN3O. The SMILES string of the molecule is Cc1cc(C)c(C#N)c(Oc2cc(N)cc(Br)c2)n1. The van der Waals surface area contributed by atoms with Gasteiger partial charge in [0, 0.05) is 21.9 Å². The van der Waals surface area contributed by atoms with E-state index in [-0.39, 0.29) is 0 Å². The van der Waals surface area contributed by atoms with Gasteiger partial charge in [-0.25, -0.2) is 4.98 Å². The van der Waals surface area contributed by atoms with Crippen LogP contribution in [0.25, 0.3) is 0 Å². The number of pyridine rings is 1. The second-order valence-corrected chi connectivity index (χ2v) is 5.11. The van der Waals surface area contributed by atoms with Crippen LogP contribution in [0.4, 0.5) is 5.69 Å². The fourth-order valence-electron chi connectivity index (χ4n) is 1.77. The number of hydrogen-bond acceptors (Lipinski definition) is 4. The van der Waals surface area contributed by atoms with Crippen molar-refractivity contribution in [3.63, 3.8) is 0 Å². The van der Waals surface area contributed by atoms with Gasteiger partial charge in [0.25, 0.3) is 0 Å². The molecule has 0 aliphatic carbocycles. The topological polar surface area (TPSA) is 71.9 Å². The number of nitrogen functional groups attached to an aromatic ring is 1. The second-order valence-electron chi connectivity index (χ2n) is 4.19. The lowest BCUT2D eigenvalue weighted by atomic mass is 10.1. The van der Waals surface area contributed by atoms with E-state index in [2.05, 4.69) is 27.0 Å². The number of aryl methyl sites for hydroxylation is 2. The molecule has 0 radical (unpaired) electrons. The Morgan fingerprint density at radius 1 is 1.26 bits per heavy atom. The van der Waals surface area contributed by atoms with E-state index in [9.17, 15) is 5.26 Å². The highest BCUT2D eigenvalue weighted by Crippen LogP contribution is 2.29. The summed E-state index contributed by atoms with van der Waals surface area (Å²) in [6, 6.07) is 9.19. The van der Waals surface area contributed by atoms with Gasteiger partial charge in [0.15, 0.2) is 0 Å². The molecule has 0 fully saturated rings. The standard InChI is InChI=1S/C14H12BrN3O/c1-8-3-9(2)18-14(13(8)7-16)19-12-5-10(15)4-11(17)6-12/h3-6H,17H2,1-2H3. The molecule has 0 spiro atoms. The molecule has 19 heavy (non-hydrogen) atoms. The van der Waals surface area contributed by atoms with E-state index < -0.39 is 0 Å². The fraction of sp³-hybridized carbons (Fsp3) is 0.143. The van der Waals surface area contributed by atoms with Crippen molar-refractivity contribution >= 4 is 21.6 Å². The lowest BCUT2D eigenvalue weighted by molar-refractivity contribution is 0.459. The molecule has 0 aliphatic heterocycles. The predicted octanol–water partition coefficient (Wildman–Crippen LogP) is 3.71. The minimum Gasteiger partial charge on any atom is -0.438 e. The van der Waals surface area contributed by atoms with Crippen LogP contribution in [0.15, 0.2) is 28.7 Å². The van der Waals surface area contributed by atoms with Crippen molar-refractivity contribution in [2.24, 2.45) is 0 Å². The highest BCUT2D eigenvalue weighted by Gasteiger charge is 2.11. The van der Waals surface area contributed by atoms with Crippen molar-refractivity contribution in [1.29, 1.82) is 5.26 Å². The Hall–Kier alpha value is -2.06. The number of ether oxygens (including phenoxy) is 1. The van der Waals surface area contributed by atoms with Crippen molar-refractivity contribution in [3.05, 3.63) is 45.6 Å². The highest BCUT2D eigenvalue weighted by atomic mass is 79.9. The van der Waals surface area contributed by atoms with Gasteiger partial charge in [-0.05, 0) is 37.6 Å². The van der Waals surface area contributed by atoms with Crippen LogP contribution >= 0.6 is 15.9 Å². The number of nitrogens with zero attached hydrogens (tertiary/aromatic N) is 2. The van der Waals surface area contributed by atoms with Gasteiger partial charge >= 0.3 is 0 Å². The van der Waals surface area contributed by atoms with Crippen LogP contribution < -0.4 is 10.5 Å². The smallest absolute Gasteiger partial charge is 0.237 e. The first-order chi connectivity index (χ1) is 8.99. The summed E-state index contributed by atoms with van der Waals surface area (Å²) in [5.74, 6) is 0.846. The van der Waals surface area contributed by atoms with Crippen molar-refractivity contribution in [3.8, 4) is 17.7 Å². The number of aromatic nitrogens is 1. The number of rotatable bonds is 2. The molecule has 0 saturated carbocycles. The third-order valence-corrected chi connectivity index (χ3v) is 2.99. The molecule has 2 N–H and O–H groups in total. The van der Waals surface area contributed by atoms with Crippen molar-refractivity contribution in [1.82, 2.24) is 4.98 Å². The Bertz CT molecular complexity index is 657. The normalized spacial score (nSPS) is 10.0. The van der Waals surface area contributed by atoms with E-state index in [0.717, 1.165) is 15.7 Å². The van der Waals surface area contributed by atoms with E-state index in [0.29, 0.717) is 22.9 Å². The Morgan fingerprint density at radius 2 is 2.00 bits per heavy atom. The number of benzene rings is 1. The van der Waals surface area contributed by atoms with Gasteiger partial charge in [-0.2, -0.15) is 5.26 Å². The summed E-state index contributed by atoms with van der Waals surface area (Å²) in [5.41, 5.74) is 8.40. The Morgan fingerprint density at radius 3 is 2.63 bits per heavy atom. The molecule has 2 rings (SSSR count). The summed E-state index contributed by atoms with van der Waals surface area (Å²) in [7, 11) is 0. The van der Waals surface area contributed by atoms with Gasteiger partial charge in [-0.15, -0.1) is 0 Å². The van der Waals surface area contributed by atoms with Gasteiger partial charge in [0.2, 0.25) is 5.88 Å². The first-order valence-corrected chi connectivity index (χ1v) is 6.41. The third kappa shape index (κ3) is 3.04. The van der Waals surface area contributed by atoms with Gasteiger partial charge in [0.05, 0.1) is 0 Å². The Labute approximate surface area is 120 Å².